The number of amides is 2. The van der Waals surface area contributed by atoms with Crippen molar-refractivity contribution in [1.82, 2.24) is 10.3 Å². The molecule has 0 saturated heterocycles. The van der Waals surface area contributed by atoms with Crippen LogP contribution in [0.15, 0.2) is 109 Å². The van der Waals surface area contributed by atoms with E-state index in [0.717, 1.165) is 28.1 Å². The summed E-state index contributed by atoms with van der Waals surface area (Å²) in [7, 11) is 0. The van der Waals surface area contributed by atoms with Gasteiger partial charge in [0.05, 0.1) is 5.69 Å². The van der Waals surface area contributed by atoms with Gasteiger partial charge in [-0.05, 0) is 42.3 Å². The van der Waals surface area contributed by atoms with Gasteiger partial charge in [-0.1, -0.05) is 84.4 Å². The van der Waals surface area contributed by atoms with E-state index in [0.29, 0.717) is 6.42 Å². The monoisotopic (exact) mass is 407 g/mol. The molecule has 4 nitrogen and oxygen atoms in total. The van der Waals surface area contributed by atoms with Crippen molar-refractivity contribution in [2.45, 2.75) is 18.9 Å². The number of nitrogens with zero attached hydrogens (tertiary/aromatic N) is 1. The number of hydrogen-bond acceptors (Lipinski definition) is 2. The highest BCUT2D eigenvalue weighted by Gasteiger charge is 2.37. The summed E-state index contributed by atoms with van der Waals surface area (Å²) in [6.07, 6.45) is 2.33. The summed E-state index contributed by atoms with van der Waals surface area (Å²) in [5.74, 6) is 0. The summed E-state index contributed by atoms with van der Waals surface area (Å²) >= 11 is 0. The van der Waals surface area contributed by atoms with Gasteiger partial charge in [0, 0.05) is 18.3 Å². The van der Waals surface area contributed by atoms with Crippen LogP contribution in [0, 0.1) is 6.92 Å². The summed E-state index contributed by atoms with van der Waals surface area (Å²) < 4.78 is 0. The number of nitrogens with one attached hydrogen (secondary N) is 2. The van der Waals surface area contributed by atoms with E-state index >= 15 is 0 Å². The summed E-state index contributed by atoms with van der Waals surface area (Å²) in [6, 6.07) is 33.4. The lowest BCUT2D eigenvalue weighted by molar-refractivity contribution is 0.241. The molecule has 0 fully saturated rings. The summed E-state index contributed by atoms with van der Waals surface area (Å²) in [5.41, 5.74) is 3.90. The van der Waals surface area contributed by atoms with Gasteiger partial charge in [-0.3, -0.25) is 4.98 Å². The van der Waals surface area contributed by atoms with Crippen LogP contribution in [0.5, 0.6) is 0 Å². The SMILES string of the molecule is Cc1ccc(NC(=O)NC(Cc2ccccc2)(c2ccccc2)c2ccccn2)cc1. The Bertz CT molecular complexity index is 1070. The third-order valence-corrected chi connectivity index (χ3v) is 5.32. The zero-order valence-corrected chi connectivity index (χ0v) is 17.5. The first kappa shape index (κ1) is 20.4. The van der Waals surface area contributed by atoms with E-state index in [4.69, 9.17) is 0 Å². The van der Waals surface area contributed by atoms with Crippen LogP contribution in [0.4, 0.5) is 10.5 Å². The number of anilines is 1. The largest absolute Gasteiger partial charge is 0.322 e. The zero-order chi connectivity index (χ0) is 21.5. The number of aryl methyl sites for hydroxylation is 1. The molecular formula is C27H25N3O. The van der Waals surface area contributed by atoms with Crippen molar-refractivity contribution in [3.8, 4) is 0 Å². The van der Waals surface area contributed by atoms with Crippen molar-refractivity contribution in [3.63, 3.8) is 0 Å². The second kappa shape index (κ2) is 9.26. The molecule has 0 radical (unpaired) electrons. The van der Waals surface area contributed by atoms with E-state index in [1.54, 1.807) is 6.20 Å². The molecular weight excluding hydrogens is 382 g/mol. The van der Waals surface area contributed by atoms with Crippen molar-refractivity contribution in [2.75, 3.05) is 5.32 Å². The van der Waals surface area contributed by atoms with Gasteiger partial charge in [0.15, 0.2) is 0 Å². The minimum absolute atomic E-state index is 0.283. The van der Waals surface area contributed by atoms with Crippen molar-refractivity contribution in [3.05, 3.63) is 132 Å². The van der Waals surface area contributed by atoms with E-state index in [1.807, 2.05) is 97.9 Å². The smallest absolute Gasteiger partial charge is 0.320 e. The predicted molar refractivity (Wildman–Crippen MR) is 125 cm³/mol. The van der Waals surface area contributed by atoms with Gasteiger partial charge in [-0.25, -0.2) is 4.79 Å². The average molecular weight is 408 g/mol. The number of benzene rings is 3. The fourth-order valence-electron chi connectivity index (χ4n) is 3.75. The summed E-state index contributed by atoms with van der Waals surface area (Å²) in [4.78, 5) is 17.9. The average Bonchev–Trinajstić information content (AvgIpc) is 2.82. The molecule has 1 aromatic heterocycles. The maximum absolute atomic E-state index is 13.2. The lowest BCUT2D eigenvalue weighted by atomic mass is 9.80. The molecule has 1 heterocycles. The molecule has 0 aliphatic heterocycles. The minimum Gasteiger partial charge on any atom is -0.322 e. The number of pyridine rings is 1. The number of urea groups is 1. The number of aromatic nitrogens is 1. The Balaban J connectivity index is 1.76. The van der Waals surface area contributed by atoms with Crippen molar-refractivity contribution >= 4 is 11.7 Å². The molecule has 4 heteroatoms. The molecule has 3 aromatic carbocycles. The number of hydrogen-bond donors (Lipinski definition) is 2. The highest BCUT2D eigenvalue weighted by molar-refractivity contribution is 5.90. The molecule has 0 bridgehead atoms. The van der Waals surface area contributed by atoms with Crippen molar-refractivity contribution < 1.29 is 4.79 Å². The third kappa shape index (κ3) is 4.81. The Morgan fingerprint density at radius 3 is 2.10 bits per heavy atom. The Morgan fingerprint density at radius 1 is 0.806 bits per heavy atom. The Labute approximate surface area is 183 Å². The highest BCUT2D eigenvalue weighted by atomic mass is 16.2. The van der Waals surface area contributed by atoms with E-state index in [2.05, 4.69) is 27.8 Å². The van der Waals surface area contributed by atoms with Gasteiger partial charge >= 0.3 is 6.03 Å². The van der Waals surface area contributed by atoms with Crippen LogP contribution < -0.4 is 10.6 Å². The number of carbonyl (C=O) groups excluding carboxylic acids is 1. The quantitative estimate of drug-likeness (QED) is 0.431. The molecule has 0 spiro atoms. The molecule has 0 saturated carbocycles. The normalized spacial score (nSPS) is 12.5. The maximum atomic E-state index is 13.2. The zero-order valence-electron chi connectivity index (χ0n) is 17.5. The highest BCUT2D eigenvalue weighted by Crippen LogP contribution is 2.32. The van der Waals surface area contributed by atoms with Crippen LogP contribution in [-0.4, -0.2) is 11.0 Å². The predicted octanol–water partition coefficient (Wildman–Crippen LogP) is 5.70. The van der Waals surface area contributed by atoms with Crippen molar-refractivity contribution in [2.24, 2.45) is 0 Å². The molecule has 31 heavy (non-hydrogen) atoms. The maximum Gasteiger partial charge on any atom is 0.320 e. The van der Waals surface area contributed by atoms with Gasteiger partial charge in [0.2, 0.25) is 0 Å². The fourth-order valence-corrected chi connectivity index (χ4v) is 3.75. The van der Waals surface area contributed by atoms with Crippen LogP contribution in [0.3, 0.4) is 0 Å². The second-order valence-electron chi connectivity index (χ2n) is 7.59. The Hall–Kier alpha value is -3.92. The molecule has 2 N–H and O–H groups in total. The Kier molecular flexibility index (Phi) is 6.08. The third-order valence-electron chi connectivity index (χ3n) is 5.32. The topological polar surface area (TPSA) is 54.0 Å². The molecule has 0 aliphatic rings. The first-order chi connectivity index (χ1) is 15.2. The Morgan fingerprint density at radius 2 is 1.45 bits per heavy atom. The first-order valence-electron chi connectivity index (χ1n) is 10.3. The van der Waals surface area contributed by atoms with Crippen molar-refractivity contribution in [1.29, 1.82) is 0 Å². The van der Waals surface area contributed by atoms with E-state index in [1.165, 1.54) is 0 Å². The second-order valence-corrected chi connectivity index (χ2v) is 7.59. The molecule has 0 aliphatic carbocycles. The standard InChI is InChI=1S/C27H25N3O/c1-21-15-17-24(18-16-21)29-26(31)30-27(23-12-6-3-7-13-23,25-14-8-9-19-28-25)20-22-10-4-2-5-11-22/h2-19H,20H2,1H3,(H2,29,30,31). The molecule has 4 rings (SSSR count). The van der Waals surface area contributed by atoms with Gasteiger partial charge in [0.1, 0.15) is 5.54 Å². The molecule has 1 unspecified atom stereocenters. The van der Waals surface area contributed by atoms with E-state index in [-0.39, 0.29) is 6.03 Å². The first-order valence-corrected chi connectivity index (χ1v) is 10.3. The van der Waals surface area contributed by atoms with Gasteiger partial charge in [-0.2, -0.15) is 0 Å². The molecule has 1 atom stereocenters. The fraction of sp³-hybridized carbons (Fsp3) is 0.111. The van der Waals surface area contributed by atoms with Crippen LogP contribution >= 0.6 is 0 Å². The lowest BCUT2D eigenvalue weighted by Crippen LogP contribution is -2.50. The van der Waals surface area contributed by atoms with E-state index in [9.17, 15) is 4.79 Å². The van der Waals surface area contributed by atoms with E-state index < -0.39 is 5.54 Å². The summed E-state index contributed by atoms with van der Waals surface area (Å²) in [5, 5.41) is 6.23. The van der Waals surface area contributed by atoms with Gasteiger partial charge in [0.25, 0.3) is 0 Å². The van der Waals surface area contributed by atoms with Gasteiger partial charge in [-0.15, -0.1) is 0 Å². The number of rotatable bonds is 6. The van der Waals surface area contributed by atoms with Crippen LogP contribution in [0.25, 0.3) is 0 Å². The molecule has 2 amide bonds. The molecule has 154 valence electrons. The van der Waals surface area contributed by atoms with Gasteiger partial charge < -0.3 is 10.6 Å². The lowest BCUT2D eigenvalue weighted by Gasteiger charge is -2.35. The minimum atomic E-state index is -0.835. The number of carbonyl (C=O) groups is 1. The van der Waals surface area contributed by atoms with Crippen LogP contribution in [0.2, 0.25) is 0 Å². The summed E-state index contributed by atoms with van der Waals surface area (Å²) in [6.45, 7) is 2.02. The van der Waals surface area contributed by atoms with Crippen LogP contribution in [0.1, 0.15) is 22.4 Å². The van der Waals surface area contributed by atoms with Crippen LogP contribution in [-0.2, 0) is 12.0 Å². The molecule has 4 aromatic rings.